The molecule has 1 aliphatic heterocycles. The summed E-state index contributed by atoms with van der Waals surface area (Å²) in [6.45, 7) is 0.502. The molecule has 0 unspecified atom stereocenters. The summed E-state index contributed by atoms with van der Waals surface area (Å²) in [6.07, 6.45) is 0.573. The van der Waals surface area contributed by atoms with Gasteiger partial charge in [0, 0.05) is 18.8 Å². The van der Waals surface area contributed by atoms with Gasteiger partial charge >= 0.3 is 0 Å². The minimum absolute atomic E-state index is 0.139. The SMILES string of the molecule is O=C(Nc1cccc(F)c1)c1cc(S(=O)(=O)N2CCc3ccccc3C2)ccc1F. The van der Waals surface area contributed by atoms with Crippen molar-refractivity contribution in [3.8, 4) is 0 Å². The van der Waals surface area contributed by atoms with E-state index in [1.165, 1.54) is 22.5 Å². The van der Waals surface area contributed by atoms with Crippen molar-refractivity contribution in [3.05, 3.63) is 95.1 Å². The van der Waals surface area contributed by atoms with E-state index in [1.807, 2.05) is 24.3 Å². The quantitative estimate of drug-likeness (QED) is 0.684. The van der Waals surface area contributed by atoms with Crippen molar-refractivity contribution in [2.75, 3.05) is 11.9 Å². The molecule has 0 saturated carbocycles. The summed E-state index contributed by atoms with van der Waals surface area (Å²) in [6, 6.07) is 15.8. The number of anilines is 1. The van der Waals surface area contributed by atoms with Crippen LogP contribution in [-0.2, 0) is 23.0 Å². The minimum Gasteiger partial charge on any atom is -0.322 e. The molecule has 3 aromatic carbocycles. The number of fused-ring (bicyclic) bond motifs is 1. The van der Waals surface area contributed by atoms with Gasteiger partial charge in [-0.25, -0.2) is 17.2 Å². The van der Waals surface area contributed by atoms with E-state index in [1.54, 1.807) is 0 Å². The van der Waals surface area contributed by atoms with Crippen LogP contribution in [0, 0.1) is 11.6 Å². The molecule has 0 radical (unpaired) electrons. The van der Waals surface area contributed by atoms with E-state index in [0.29, 0.717) is 13.0 Å². The summed E-state index contributed by atoms with van der Waals surface area (Å²) in [5.74, 6) is -2.29. The lowest BCUT2D eigenvalue weighted by molar-refractivity contribution is 0.102. The molecule has 1 heterocycles. The van der Waals surface area contributed by atoms with Gasteiger partial charge < -0.3 is 5.32 Å². The van der Waals surface area contributed by atoms with Gasteiger partial charge in [-0.15, -0.1) is 0 Å². The molecular formula is C22H18F2N2O3S. The molecule has 0 spiro atoms. The lowest BCUT2D eigenvalue weighted by Gasteiger charge is -2.28. The maximum Gasteiger partial charge on any atom is 0.258 e. The Hall–Kier alpha value is -3.10. The van der Waals surface area contributed by atoms with Crippen LogP contribution in [-0.4, -0.2) is 25.2 Å². The third kappa shape index (κ3) is 3.96. The first kappa shape index (κ1) is 20.2. The summed E-state index contributed by atoms with van der Waals surface area (Å²) >= 11 is 0. The Labute approximate surface area is 173 Å². The highest BCUT2D eigenvalue weighted by Crippen LogP contribution is 2.26. The molecule has 30 heavy (non-hydrogen) atoms. The van der Waals surface area contributed by atoms with Crippen LogP contribution in [0.25, 0.3) is 0 Å². The smallest absolute Gasteiger partial charge is 0.258 e. The number of carbonyl (C=O) groups is 1. The van der Waals surface area contributed by atoms with Crippen molar-refractivity contribution in [1.29, 1.82) is 0 Å². The van der Waals surface area contributed by atoms with Gasteiger partial charge in [-0.3, -0.25) is 4.79 Å². The lowest BCUT2D eigenvalue weighted by atomic mass is 10.0. The highest BCUT2D eigenvalue weighted by atomic mass is 32.2. The second-order valence-electron chi connectivity index (χ2n) is 6.96. The Bertz CT molecular complexity index is 1230. The fraction of sp³-hybridized carbons (Fsp3) is 0.136. The second-order valence-corrected chi connectivity index (χ2v) is 8.90. The van der Waals surface area contributed by atoms with Gasteiger partial charge in [0.25, 0.3) is 5.91 Å². The average Bonchev–Trinajstić information content (AvgIpc) is 2.73. The first-order valence-corrected chi connectivity index (χ1v) is 10.7. The van der Waals surface area contributed by atoms with E-state index in [2.05, 4.69) is 5.32 Å². The van der Waals surface area contributed by atoms with Crippen LogP contribution in [0.4, 0.5) is 14.5 Å². The Balaban J connectivity index is 1.61. The van der Waals surface area contributed by atoms with Crippen LogP contribution in [0.3, 0.4) is 0 Å². The first-order chi connectivity index (χ1) is 14.3. The van der Waals surface area contributed by atoms with Gasteiger partial charge in [-0.1, -0.05) is 30.3 Å². The molecular weight excluding hydrogens is 410 g/mol. The lowest BCUT2D eigenvalue weighted by Crippen LogP contribution is -2.36. The molecule has 0 bridgehead atoms. The molecule has 0 saturated heterocycles. The predicted octanol–water partition coefficient (Wildman–Crippen LogP) is 3.96. The number of carbonyl (C=O) groups excluding carboxylic acids is 1. The van der Waals surface area contributed by atoms with E-state index in [9.17, 15) is 22.0 Å². The summed E-state index contributed by atoms with van der Waals surface area (Å²) < 4.78 is 55.1. The summed E-state index contributed by atoms with van der Waals surface area (Å²) in [5, 5.41) is 2.38. The molecule has 0 fully saturated rings. The third-order valence-corrected chi connectivity index (χ3v) is 6.84. The summed E-state index contributed by atoms with van der Waals surface area (Å²) in [5.41, 5.74) is 1.72. The largest absolute Gasteiger partial charge is 0.322 e. The number of nitrogens with one attached hydrogen (secondary N) is 1. The molecule has 0 atom stereocenters. The number of amides is 1. The van der Waals surface area contributed by atoms with Crippen LogP contribution in [0.15, 0.2) is 71.6 Å². The molecule has 8 heteroatoms. The zero-order valence-corrected chi connectivity index (χ0v) is 16.6. The number of rotatable bonds is 4. The molecule has 154 valence electrons. The van der Waals surface area contributed by atoms with Gasteiger partial charge in [0.15, 0.2) is 0 Å². The van der Waals surface area contributed by atoms with Crippen LogP contribution in [0.1, 0.15) is 21.5 Å². The zero-order valence-electron chi connectivity index (χ0n) is 15.8. The number of hydrogen-bond acceptors (Lipinski definition) is 3. The summed E-state index contributed by atoms with van der Waals surface area (Å²) in [7, 11) is -3.93. The third-order valence-electron chi connectivity index (χ3n) is 5.00. The highest BCUT2D eigenvalue weighted by Gasteiger charge is 2.29. The monoisotopic (exact) mass is 428 g/mol. The van der Waals surface area contributed by atoms with Gasteiger partial charge in [0.05, 0.1) is 10.5 Å². The molecule has 1 N–H and O–H groups in total. The molecule has 1 amide bonds. The van der Waals surface area contributed by atoms with Crippen LogP contribution < -0.4 is 5.32 Å². The van der Waals surface area contributed by atoms with E-state index >= 15 is 0 Å². The van der Waals surface area contributed by atoms with Gasteiger partial charge in [0.1, 0.15) is 11.6 Å². The highest BCUT2D eigenvalue weighted by molar-refractivity contribution is 7.89. The van der Waals surface area contributed by atoms with Crippen molar-refractivity contribution >= 4 is 21.6 Å². The zero-order chi connectivity index (χ0) is 21.3. The van der Waals surface area contributed by atoms with Crippen molar-refractivity contribution in [1.82, 2.24) is 4.31 Å². The van der Waals surface area contributed by atoms with Crippen LogP contribution >= 0.6 is 0 Å². The summed E-state index contributed by atoms with van der Waals surface area (Å²) in [4.78, 5) is 12.3. The van der Waals surface area contributed by atoms with Crippen molar-refractivity contribution in [2.24, 2.45) is 0 Å². The van der Waals surface area contributed by atoms with Gasteiger partial charge in [-0.2, -0.15) is 4.31 Å². The Kier molecular flexibility index (Phi) is 5.36. The standard InChI is InChI=1S/C22H18F2N2O3S/c23-17-6-3-7-18(12-17)25-22(27)20-13-19(8-9-21(20)24)30(28,29)26-11-10-15-4-1-2-5-16(15)14-26/h1-9,12-13H,10-11,14H2,(H,25,27). The van der Waals surface area contributed by atoms with Gasteiger partial charge in [-0.05, 0) is 53.9 Å². The van der Waals surface area contributed by atoms with E-state index in [-0.39, 0.29) is 17.1 Å². The van der Waals surface area contributed by atoms with Crippen molar-refractivity contribution in [3.63, 3.8) is 0 Å². The van der Waals surface area contributed by atoms with Crippen LogP contribution in [0.5, 0.6) is 0 Å². The van der Waals surface area contributed by atoms with E-state index < -0.39 is 33.1 Å². The van der Waals surface area contributed by atoms with E-state index in [0.717, 1.165) is 35.4 Å². The Morgan fingerprint density at radius 3 is 2.47 bits per heavy atom. The molecule has 0 aromatic heterocycles. The van der Waals surface area contributed by atoms with Crippen LogP contribution in [0.2, 0.25) is 0 Å². The topological polar surface area (TPSA) is 66.5 Å². The number of halogens is 2. The number of benzene rings is 3. The normalized spacial score (nSPS) is 14.2. The maximum atomic E-state index is 14.3. The Morgan fingerprint density at radius 2 is 1.70 bits per heavy atom. The molecule has 4 rings (SSSR count). The molecule has 0 aliphatic carbocycles. The fourth-order valence-corrected chi connectivity index (χ4v) is 4.87. The Morgan fingerprint density at radius 1 is 0.933 bits per heavy atom. The first-order valence-electron chi connectivity index (χ1n) is 9.28. The van der Waals surface area contributed by atoms with Crippen molar-refractivity contribution in [2.45, 2.75) is 17.9 Å². The maximum absolute atomic E-state index is 14.3. The molecule has 1 aliphatic rings. The minimum atomic E-state index is -3.93. The average molecular weight is 428 g/mol. The molecule has 3 aromatic rings. The predicted molar refractivity (Wildman–Crippen MR) is 108 cm³/mol. The van der Waals surface area contributed by atoms with Gasteiger partial charge in [0.2, 0.25) is 10.0 Å². The number of sulfonamides is 1. The number of hydrogen-bond donors (Lipinski definition) is 1. The van der Waals surface area contributed by atoms with E-state index in [4.69, 9.17) is 0 Å². The van der Waals surface area contributed by atoms with Crippen molar-refractivity contribution < 1.29 is 22.0 Å². The second kappa shape index (κ2) is 7.97. The molecule has 5 nitrogen and oxygen atoms in total. The fourth-order valence-electron chi connectivity index (χ4n) is 3.43. The number of nitrogens with zero attached hydrogens (tertiary/aromatic N) is 1.